The van der Waals surface area contributed by atoms with Gasteiger partial charge in [-0.15, -0.1) is 0 Å². The first kappa shape index (κ1) is 9.94. The summed E-state index contributed by atoms with van der Waals surface area (Å²) in [7, 11) is 0. The number of hydrogen-bond donors (Lipinski definition) is 0. The van der Waals surface area contributed by atoms with Crippen LogP contribution in [-0.4, -0.2) is 15.2 Å². The molecule has 0 saturated carbocycles. The molecule has 1 atom stereocenters. The zero-order chi connectivity index (χ0) is 10.7. The zero-order valence-electron chi connectivity index (χ0n) is 8.21. The van der Waals surface area contributed by atoms with Gasteiger partial charge in [0.15, 0.2) is 0 Å². The molecule has 2 rings (SSSR count). The topological polar surface area (TPSA) is 49.6 Å². The Hall–Kier alpha value is -1.60. The maximum absolute atomic E-state index is 8.75. The van der Waals surface area contributed by atoms with E-state index in [2.05, 4.69) is 16.0 Å². The van der Waals surface area contributed by atoms with Gasteiger partial charge < -0.3 is 0 Å². The molecule has 0 bridgehead atoms. The summed E-state index contributed by atoms with van der Waals surface area (Å²) in [5.41, 5.74) is 0.917. The predicted octanol–water partition coefficient (Wildman–Crippen LogP) is 2.63. The SMILES string of the molecule is C[C@H](C#N)Sc1ncnc2ccccc12. The number of para-hydroxylation sites is 1. The number of nitriles is 1. The molecule has 1 heterocycles. The molecule has 0 fully saturated rings. The highest BCUT2D eigenvalue weighted by Gasteiger charge is 2.07. The minimum absolute atomic E-state index is 0.0942. The average molecular weight is 215 g/mol. The number of nitrogens with zero attached hydrogens (tertiary/aromatic N) is 3. The first-order chi connectivity index (χ1) is 7.31. The minimum atomic E-state index is -0.0942. The van der Waals surface area contributed by atoms with Crippen LogP contribution in [-0.2, 0) is 0 Å². The molecule has 1 aromatic carbocycles. The normalized spacial score (nSPS) is 12.3. The van der Waals surface area contributed by atoms with Crippen molar-refractivity contribution in [3.8, 4) is 6.07 Å². The fourth-order valence-corrected chi connectivity index (χ4v) is 2.06. The van der Waals surface area contributed by atoms with E-state index in [4.69, 9.17) is 5.26 Å². The van der Waals surface area contributed by atoms with E-state index >= 15 is 0 Å². The molecule has 0 saturated heterocycles. The van der Waals surface area contributed by atoms with Gasteiger partial charge >= 0.3 is 0 Å². The molecule has 0 aliphatic heterocycles. The maximum Gasteiger partial charge on any atom is 0.117 e. The van der Waals surface area contributed by atoms with Crippen molar-refractivity contribution in [2.24, 2.45) is 0 Å². The van der Waals surface area contributed by atoms with E-state index in [1.807, 2.05) is 31.2 Å². The summed E-state index contributed by atoms with van der Waals surface area (Å²) in [5, 5.41) is 10.5. The smallest absolute Gasteiger partial charge is 0.117 e. The van der Waals surface area contributed by atoms with Crippen molar-refractivity contribution < 1.29 is 0 Å². The molecular weight excluding hydrogens is 206 g/mol. The molecule has 0 aliphatic rings. The van der Waals surface area contributed by atoms with Crippen molar-refractivity contribution >= 4 is 22.7 Å². The van der Waals surface area contributed by atoms with Crippen molar-refractivity contribution in [3.05, 3.63) is 30.6 Å². The van der Waals surface area contributed by atoms with Crippen LogP contribution in [0.4, 0.5) is 0 Å². The largest absolute Gasteiger partial charge is 0.236 e. The minimum Gasteiger partial charge on any atom is -0.236 e. The van der Waals surface area contributed by atoms with Crippen LogP contribution in [0.15, 0.2) is 35.6 Å². The third-order valence-corrected chi connectivity index (χ3v) is 2.98. The Labute approximate surface area is 92.2 Å². The Bertz CT molecular complexity index is 513. The molecule has 0 N–H and O–H groups in total. The van der Waals surface area contributed by atoms with Crippen LogP contribution in [0.1, 0.15) is 6.92 Å². The first-order valence-corrected chi connectivity index (χ1v) is 5.45. The lowest BCUT2D eigenvalue weighted by atomic mass is 10.2. The van der Waals surface area contributed by atoms with Gasteiger partial charge in [-0.1, -0.05) is 30.0 Å². The second-order valence-corrected chi connectivity index (χ2v) is 4.41. The monoisotopic (exact) mass is 215 g/mol. The number of aromatic nitrogens is 2. The van der Waals surface area contributed by atoms with Crippen LogP contribution in [0, 0.1) is 11.3 Å². The van der Waals surface area contributed by atoms with Crippen molar-refractivity contribution in [1.29, 1.82) is 5.26 Å². The average Bonchev–Trinajstić information content (AvgIpc) is 2.29. The van der Waals surface area contributed by atoms with Gasteiger partial charge in [-0.25, -0.2) is 9.97 Å². The lowest BCUT2D eigenvalue weighted by molar-refractivity contribution is 1.09. The van der Waals surface area contributed by atoms with Crippen molar-refractivity contribution in [1.82, 2.24) is 9.97 Å². The summed E-state index contributed by atoms with van der Waals surface area (Å²) in [6.45, 7) is 1.86. The summed E-state index contributed by atoms with van der Waals surface area (Å²) < 4.78 is 0. The van der Waals surface area contributed by atoms with Crippen molar-refractivity contribution in [2.75, 3.05) is 0 Å². The molecule has 74 valence electrons. The molecule has 0 spiro atoms. The molecule has 15 heavy (non-hydrogen) atoms. The third-order valence-electron chi connectivity index (χ3n) is 1.98. The molecule has 0 amide bonds. The number of benzene rings is 1. The van der Waals surface area contributed by atoms with Gasteiger partial charge in [0.2, 0.25) is 0 Å². The second-order valence-electron chi connectivity index (χ2n) is 3.09. The Morgan fingerprint density at radius 1 is 1.33 bits per heavy atom. The van der Waals surface area contributed by atoms with Crippen LogP contribution in [0.5, 0.6) is 0 Å². The van der Waals surface area contributed by atoms with E-state index in [1.54, 1.807) is 0 Å². The van der Waals surface area contributed by atoms with Crippen LogP contribution in [0.25, 0.3) is 10.9 Å². The standard InChI is InChI=1S/C11H9N3S/c1-8(6-12)15-11-9-4-2-3-5-10(9)13-7-14-11/h2-5,7-8H,1H3/t8-/m1/s1. The molecular formula is C11H9N3S. The number of rotatable bonds is 2. The van der Waals surface area contributed by atoms with E-state index in [9.17, 15) is 0 Å². The lowest BCUT2D eigenvalue weighted by Crippen LogP contribution is -1.93. The van der Waals surface area contributed by atoms with E-state index in [-0.39, 0.29) is 5.25 Å². The van der Waals surface area contributed by atoms with Gasteiger partial charge in [0.1, 0.15) is 11.4 Å². The molecule has 0 unspecified atom stereocenters. The maximum atomic E-state index is 8.75. The van der Waals surface area contributed by atoms with Gasteiger partial charge in [0, 0.05) is 5.39 Å². The van der Waals surface area contributed by atoms with E-state index in [1.165, 1.54) is 18.1 Å². The fraction of sp³-hybridized carbons (Fsp3) is 0.182. The summed E-state index contributed by atoms with van der Waals surface area (Å²) in [6.07, 6.45) is 1.54. The lowest BCUT2D eigenvalue weighted by Gasteiger charge is -2.04. The molecule has 3 nitrogen and oxygen atoms in total. The quantitative estimate of drug-likeness (QED) is 0.570. The number of fused-ring (bicyclic) bond motifs is 1. The Morgan fingerprint density at radius 3 is 2.93 bits per heavy atom. The van der Waals surface area contributed by atoms with Gasteiger partial charge in [0.25, 0.3) is 0 Å². The Kier molecular flexibility index (Phi) is 2.84. The highest BCUT2D eigenvalue weighted by molar-refractivity contribution is 8.00. The highest BCUT2D eigenvalue weighted by atomic mass is 32.2. The van der Waals surface area contributed by atoms with E-state index < -0.39 is 0 Å². The molecule has 0 radical (unpaired) electrons. The van der Waals surface area contributed by atoms with Crippen molar-refractivity contribution in [2.45, 2.75) is 17.2 Å². The van der Waals surface area contributed by atoms with Gasteiger partial charge in [0.05, 0.1) is 16.8 Å². The molecule has 4 heteroatoms. The first-order valence-electron chi connectivity index (χ1n) is 4.57. The highest BCUT2D eigenvalue weighted by Crippen LogP contribution is 2.26. The summed E-state index contributed by atoms with van der Waals surface area (Å²) in [5.74, 6) is 0. The van der Waals surface area contributed by atoms with Crippen LogP contribution < -0.4 is 0 Å². The molecule has 0 aliphatic carbocycles. The van der Waals surface area contributed by atoms with Gasteiger partial charge in [-0.2, -0.15) is 5.26 Å². The summed E-state index contributed by atoms with van der Waals surface area (Å²) >= 11 is 1.46. The number of hydrogen-bond acceptors (Lipinski definition) is 4. The molecule has 2 aromatic rings. The number of thioether (sulfide) groups is 1. The molecule has 1 aromatic heterocycles. The Morgan fingerprint density at radius 2 is 2.13 bits per heavy atom. The summed E-state index contributed by atoms with van der Waals surface area (Å²) in [6, 6.07) is 9.99. The van der Waals surface area contributed by atoms with Gasteiger partial charge in [-0.05, 0) is 13.0 Å². The van der Waals surface area contributed by atoms with E-state index in [0.29, 0.717) is 0 Å². The van der Waals surface area contributed by atoms with Crippen LogP contribution in [0.2, 0.25) is 0 Å². The van der Waals surface area contributed by atoms with Crippen molar-refractivity contribution in [3.63, 3.8) is 0 Å². The van der Waals surface area contributed by atoms with Gasteiger partial charge in [-0.3, -0.25) is 0 Å². The Balaban J connectivity index is 2.48. The van der Waals surface area contributed by atoms with Crippen LogP contribution in [0.3, 0.4) is 0 Å². The zero-order valence-corrected chi connectivity index (χ0v) is 9.03. The van der Waals surface area contributed by atoms with E-state index in [0.717, 1.165) is 15.9 Å². The second kappa shape index (κ2) is 4.28. The fourth-order valence-electron chi connectivity index (χ4n) is 1.27. The summed E-state index contributed by atoms with van der Waals surface area (Å²) in [4.78, 5) is 8.36. The predicted molar refractivity (Wildman–Crippen MR) is 60.5 cm³/mol. The third kappa shape index (κ3) is 2.08. The van der Waals surface area contributed by atoms with Crippen LogP contribution >= 0.6 is 11.8 Å².